The molecule has 0 heterocycles. The average molecular weight is 313 g/mol. The van der Waals surface area contributed by atoms with E-state index in [2.05, 4.69) is 0 Å². The molecule has 5 heteroatoms. The predicted octanol–water partition coefficient (Wildman–Crippen LogP) is 4.17. The number of allylic oxidation sites excluding steroid dienone is 2. The molecule has 0 aliphatic rings. The Balaban J connectivity index is 2.14. The zero-order valence-electron chi connectivity index (χ0n) is 12.3. The van der Waals surface area contributed by atoms with E-state index in [4.69, 9.17) is 10.00 Å². The molecule has 0 radical (unpaired) electrons. The quantitative estimate of drug-likeness (QED) is 0.483. The molecular weight excluding hydrogens is 300 g/mol. The molecule has 3 nitrogen and oxygen atoms in total. The van der Waals surface area contributed by atoms with Crippen LogP contribution in [0.3, 0.4) is 0 Å². The summed E-state index contributed by atoms with van der Waals surface area (Å²) in [5, 5.41) is 8.60. The molecule has 0 spiro atoms. The minimum absolute atomic E-state index is 0.263. The summed E-state index contributed by atoms with van der Waals surface area (Å²) >= 11 is 0. The zero-order chi connectivity index (χ0) is 16.8. The van der Waals surface area contributed by atoms with Gasteiger partial charge >= 0.3 is 5.97 Å². The number of carbonyl (C=O) groups excluding carboxylic acids is 1. The second-order valence-corrected chi connectivity index (χ2v) is 4.73. The summed E-state index contributed by atoms with van der Waals surface area (Å²) in [6.45, 7) is 1.92. The molecule has 0 saturated heterocycles. The zero-order valence-corrected chi connectivity index (χ0v) is 12.3. The van der Waals surface area contributed by atoms with E-state index in [0.717, 1.165) is 24.1 Å². The van der Waals surface area contributed by atoms with E-state index in [1.54, 1.807) is 24.3 Å². The smallest absolute Gasteiger partial charge is 0.343 e. The Hall–Kier alpha value is -3.00. The molecule has 0 unspecified atom stereocenters. The van der Waals surface area contributed by atoms with Crippen molar-refractivity contribution < 1.29 is 18.3 Å². The molecule has 0 amide bonds. The number of nitriles is 1. The van der Waals surface area contributed by atoms with Gasteiger partial charge < -0.3 is 4.74 Å². The SMILES string of the molecule is CC=CCc1ccc(C(=O)Oc2cc(F)c(C#N)c(F)c2)cc1. The van der Waals surface area contributed by atoms with Crippen molar-refractivity contribution in [2.24, 2.45) is 0 Å². The summed E-state index contributed by atoms with van der Waals surface area (Å²) < 4.78 is 31.9. The minimum Gasteiger partial charge on any atom is -0.423 e. The lowest BCUT2D eigenvalue weighted by Crippen LogP contribution is -2.09. The van der Waals surface area contributed by atoms with Crippen LogP contribution in [0.1, 0.15) is 28.4 Å². The highest BCUT2D eigenvalue weighted by atomic mass is 19.1. The second kappa shape index (κ2) is 7.32. The molecule has 2 aromatic rings. The van der Waals surface area contributed by atoms with Crippen molar-refractivity contribution in [3.05, 3.63) is 76.9 Å². The first-order valence-corrected chi connectivity index (χ1v) is 6.86. The normalized spacial score (nSPS) is 10.5. The van der Waals surface area contributed by atoms with Gasteiger partial charge in [0.15, 0.2) is 0 Å². The first kappa shape index (κ1) is 16.4. The largest absolute Gasteiger partial charge is 0.423 e. The van der Waals surface area contributed by atoms with Gasteiger partial charge in [0.2, 0.25) is 0 Å². The van der Waals surface area contributed by atoms with Gasteiger partial charge in [0.1, 0.15) is 29.0 Å². The van der Waals surface area contributed by atoms with Crippen molar-refractivity contribution in [1.82, 2.24) is 0 Å². The van der Waals surface area contributed by atoms with Crippen LogP contribution in [-0.4, -0.2) is 5.97 Å². The van der Waals surface area contributed by atoms with Crippen LogP contribution >= 0.6 is 0 Å². The van der Waals surface area contributed by atoms with E-state index in [1.807, 2.05) is 19.1 Å². The van der Waals surface area contributed by atoms with Crippen LogP contribution in [0.2, 0.25) is 0 Å². The monoisotopic (exact) mass is 313 g/mol. The number of nitrogens with zero attached hydrogens (tertiary/aromatic N) is 1. The van der Waals surface area contributed by atoms with Crippen molar-refractivity contribution >= 4 is 5.97 Å². The van der Waals surface area contributed by atoms with E-state index in [9.17, 15) is 13.6 Å². The summed E-state index contributed by atoms with van der Waals surface area (Å²) in [5.74, 6) is -3.16. The summed E-state index contributed by atoms with van der Waals surface area (Å²) in [5.41, 5.74) is 0.577. The first-order chi connectivity index (χ1) is 11.0. The standard InChI is InChI=1S/C18H13F2NO2/c1-2-3-4-12-5-7-13(8-6-12)18(22)23-14-9-16(19)15(11-21)17(20)10-14/h2-3,5-10H,4H2,1H3. The molecule has 0 aliphatic carbocycles. The highest BCUT2D eigenvalue weighted by Gasteiger charge is 2.14. The third-order valence-electron chi connectivity index (χ3n) is 3.12. The van der Waals surface area contributed by atoms with Crippen LogP contribution < -0.4 is 4.74 Å². The second-order valence-electron chi connectivity index (χ2n) is 4.73. The van der Waals surface area contributed by atoms with Gasteiger partial charge in [-0.2, -0.15) is 5.26 Å². The van der Waals surface area contributed by atoms with Crippen molar-refractivity contribution in [2.45, 2.75) is 13.3 Å². The number of hydrogen-bond donors (Lipinski definition) is 0. The Kier molecular flexibility index (Phi) is 5.21. The van der Waals surface area contributed by atoms with E-state index in [-0.39, 0.29) is 11.3 Å². The summed E-state index contributed by atoms with van der Waals surface area (Å²) in [6, 6.07) is 9.72. The maximum Gasteiger partial charge on any atom is 0.343 e. The summed E-state index contributed by atoms with van der Waals surface area (Å²) in [4.78, 5) is 12.0. The van der Waals surface area contributed by atoms with Crippen LogP contribution in [0.25, 0.3) is 0 Å². The van der Waals surface area contributed by atoms with Crippen LogP contribution in [0.5, 0.6) is 5.75 Å². The molecule has 0 aromatic heterocycles. The third-order valence-corrected chi connectivity index (χ3v) is 3.12. The average Bonchev–Trinajstić information content (AvgIpc) is 2.53. The third kappa shape index (κ3) is 4.01. The lowest BCUT2D eigenvalue weighted by Gasteiger charge is -2.06. The summed E-state index contributed by atoms with van der Waals surface area (Å²) in [7, 11) is 0. The van der Waals surface area contributed by atoms with Crippen LogP contribution in [0.15, 0.2) is 48.6 Å². The van der Waals surface area contributed by atoms with Gasteiger partial charge in [0, 0.05) is 12.1 Å². The van der Waals surface area contributed by atoms with Gasteiger partial charge in [0.05, 0.1) is 5.56 Å². The lowest BCUT2D eigenvalue weighted by atomic mass is 10.1. The Morgan fingerprint density at radius 1 is 1.22 bits per heavy atom. The van der Waals surface area contributed by atoms with E-state index in [1.165, 1.54) is 6.07 Å². The first-order valence-electron chi connectivity index (χ1n) is 6.86. The Bertz CT molecular complexity index is 767. The van der Waals surface area contributed by atoms with Crippen molar-refractivity contribution in [3.8, 4) is 11.8 Å². The van der Waals surface area contributed by atoms with Crippen LogP contribution in [-0.2, 0) is 6.42 Å². The molecule has 2 aromatic carbocycles. The molecule has 116 valence electrons. The fourth-order valence-electron chi connectivity index (χ4n) is 1.91. The number of halogens is 2. The molecule has 23 heavy (non-hydrogen) atoms. The van der Waals surface area contributed by atoms with Gasteiger partial charge in [-0.05, 0) is 31.0 Å². The molecule has 0 bridgehead atoms. The molecule has 0 aliphatic heterocycles. The fraction of sp³-hybridized carbons (Fsp3) is 0.111. The Labute approximate surface area is 132 Å². The molecule has 0 fully saturated rings. The maximum atomic E-state index is 13.5. The van der Waals surface area contributed by atoms with E-state index < -0.39 is 23.2 Å². The molecule has 0 atom stereocenters. The lowest BCUT2D eigenvalue weighted by molar-refractivity contribution is 0.0734. The van der Waals surface area contributed by atoms with Crippen LogP contribution in [0, 0.1) is 23.0 Å². The van der Waals surface area contributed by atoms with Gasteiger partial charge in [-0.1, -0.05) is 24.3 Å². The highest BCUT2D eigenvalue weighted by Crippen LogP contribution is 2.21. The number of esters is 1. The molecule has 2 rings (SSSR count). The molecule has 0 N–H and O–H groups in total. The number of rotatable bonds is 4. The maximum absolute atomic E-state index is 13.5. The number of benzene rings is 2. The van der Waals surface area contributed by atoms with E-state index >= 15 is 0 Å². The summed E-state index contributed by atoms with van der Waals surface area (Å²) in [6.07, 6.45) is 4.66. The van der Waals surface area contributed by atoms with Gasteiger partial charge in [-0.15, -0.1) is 0 Å². The van der Waals surface area contributed by atoms with E-state index in [0.29, 0.717) is 0 Å². The predicted molar refractivity (Wildman–Crippen MR) is 81.0 cm³/mol. The fourth-order valence-corrected chi connectivity index (χ4v) is 1.91. The Morgan fingerprint density at radius 3 is 2.35 bits per heavy atom. The topological polar surface area (TPSA) is 50.1 Å². The molecular formula is C18H13F2NO2. The number of carbonyl (C=O) groups is 1. The minimum atomic E-state index is -1.07. The van der Waals surface area contributed by atoms with Gasteiger partial charge in [-0.3, -0.25) is 0 Å². The Morgan fingerprint density at radius 2 is 1.83 bits per heavy atom. The number of hydrogen-bond acceptors (Lipinski definition) is 3. The molecule has 0 saturated carbocycles. The van der Waals surface area contributed by atoms with Crippen molar-refractivity contribution in [2.75, 3.05) is 0 Å². The van der Waals surface area contributed by atoms with Crippen molar-refractivity contribution in [3.63, 3.8) is 0 Å². The van der Waals surface area contributed by atoms with Gasteiger partial charge in [0.25, 0.3) is 0 Å². The number of ether oxygens (including phenoxy) is 1. The highest BCUT2D eigenvalue weighted by molar-refractivity contribution is 5.91. The van der Waals surface area contributed by atoms with Crippen molar-refractivity contribution in [1.29, 1.82) is 5.26 Å². The van der Waals surface area contributed by atoms with Gasteiger partial charge in [-0.25, -0.2) is 13.6 Å². The van der Waals surface area contributed by atoms with Crippen LogP contribution in [0.4, 0.5) is 8.78 Å².